The van der Waals surface area contributed by atoms with Crippen molar-refractivity contribution in [1.82, 2.24) is 4.98 Å². The number of thiazole rings is 1. The van der Waals surface area contributed by atoms with Gasteiger partial charge in [-0.2, -0.15) is 0 Å². The molecule has 1 aromatic carbocycles. The van der Waals surface area contributed by atoms with E-state index >= 15 is 0 Å². The Morgan fingerprint density at radius 1 is 1.45 bits per heavy atom. The second-order valence-corrected chi connectivity index (χ2v) is 6.53. The lowest BCUT2D eigenvalue weighted by atomic mass is 9.85. The molecule has 20 heavy (non-hydrogen) atoms. The molecule has 1 saturated carbocycles. The number of amides is 1. The van der Waals surface area contributed by atoms with Crippen LogP contribution in [0, 0.1) is 12.8 Å². The van der Waals surface area contributed by atoms with Gasteiger partial charge in [0.25, 0.3) is 0 Å². The number of benzene rings is 1. The predicted molar refractivity (Wildman–Crippen MR) is 82.1 cm³/mol. The lowest BCUT2D eigenvalue weighted by Crippen LogP contribution is -2.27. The summed E-state index contributed by atoms with van der Waals surface area (Å²) >= 11 is 1.57. The molecule has 0 bridgehead atoms. The van der Waals surface area contributed by atoms with Crippen LogP contribution in [0.25, 0.3) is 0 Å². The Bertz CT molecular complexity index is 616. The molecule has 1 aromatic heterocycles. The molecule has 4 heteroatoms. The number of carbonyl (C=O) groups is 1. The first-order chi connectivity index (χ1) is 9.70. The van der Waals surface area contributed by atoms with Crippen LogP contribution < -0.4 is 5.32 Å². The fraction of sp³-hybridized carbons (Fsp3) is 0.375. The number of anilines is 1. The van der Waals surface area contributed by atoms with Gasteiger partial charge >= 0.3 is 0 Å². The van der Waals surface area contributed by atoms with Crippen molar-refractivity contribution in [2.75, 3.05) is 5.32 Å². The van der Waals surface area contributed by atoms with Gasteiger partial charge in [0.15, 0.2) is 5.13 Å². The highest BCUT2D eigenvalue weighted by Crippen LogP contribution is 2.28. The van der Waals surface area contributed by atoms with E-state index in [-0.39, 0.29) is 11.8 Å². The van der Waals surface area contributed by atoms with E-state index in [9.17, 15) is 4.79 Å². The van der Waals surface area contributed by atoms with Crippen molar-refractivity contribution in [2.45, 2.75) is 32.6 Å². The second kappa shape index (κ2) is 5.75. The third-order valence-electron chi connectivity index (χ3n) is 3.72. The summed E-state index contributed by atoms with van der Waals surface area (Å²) in [5.41, 5.74) is 2.55. The van der Waals surface area contributed by atoms with Crippen LogP contribution in [-0.4, -0.2) is 10.9 Å². The van der Waals surface area contributed by atoms with Crippen molar-refractivity contribution in [3.63, 3.8) is 0 Å². The molecule has 2 aromatic rings. The third-order valence-corrected chi connectivity index (χ3v) is 4.63. The first-order valence-corrected chi connectivity index (χ1v) is 7.83. The average molecular weight is 286 g/mol. The van der Waals surface area contributed by atoms with Gasteiger partial charge in [-0.25, -0.2) is 4.98 Å². The van der Waals surface area contributed by atoms with Gasteiger partial charge in [0.2, 0.25) is 5.91 Å². The molecule has 0 spiro atoms. The number of nitrogens with zero attached hydrogens (tertiary/aromatic N) is 1. The van der Waals surface area contributed by atoms with Crippen LogP contribution in [-0.2, 0) is 11.2 Å². The summed E-state index contributed by atoms with van der Waals surface area (Å²) in [6, 6.07) is 8.48. The molecular weight excluding hydrogens is 268 g/mol. The molecule has 1 aliphatic carbocycles. The predicted octanol–water partition coefficient (Wildman–Crippen LogP) is 3.78. The minimum atomic E-state index is 0.132. The summed E-state index contributed by atoms with van der Waals surface area (Å²) in [6.45, 7) is 2.10. The van der Waals surface area contributed by atoms with Gasteiger partial charge in [0.05, 0.1) is 0 Å². The molecule has 3 rings (SSSR count). The first kappa shape index (κ1) is 13.3. The Morgan fingerprint density at radius 2 is 2.30 bits per heavy atom. The highest BCUT2D eigenvalue weighted by Gasteiger charge is 2.25. The molecule has 0 radical (unpaired) electrons. The second-order valence-electron chi connectivity index (χ2n) is 5.41. The van der Waals surface area contributed by atoms with E-state index < -0.39 is 0 Å². The fourth-order valence-electron chi connectivity index (χ4n) is 2.35. The summed E-state index contributed by atoms with van der Waals surface area (Å²) in [5.74, 6) is 0.340. The SMILES string of the molecule is Cc1cccc(Cc2cnc(NC(=O)C3CCC3)s2)c1. The molecule has 0 unspecified atom stereocenters. The van der Waals surface area contributed by atoms with E-state index in [1.165, 1.54) is 22.4 Å². The van der Waals surface area contributed by atoms with E-state index in [2.05, 4.69) is 41.5 Å². The molecular formula is C16H18N2OS. The van der Waals surface area contributed by atoms with Crippen molar-refractivity contribution in [3.05, 3.63) is 46.5 Å². The molecule has 1 aliphatic rings. The van der Waals surface area contributed by atoms with Gasteiger partial charge in [0.1, 0.15) is 0 Å². The summed E-state index contributed by atoms with van der Waals surface area (Å²) in [7, 11) is 0. The molecule has 1 fully saturated rings. The van der Waals surface area contributed by atoms with Crippen LogP contribution in [0.4, 0.5) is 5.13 Å². The molecule has 1 amide bonds. The van der Waals surface area contributed by atoms with Gasteiger partial charge in [-0.1, -0.05) is 36.2 Å². The summed E-state index contributed by atoms with van der Waals surface area (Å²) in [5, 5.41) is 3.66. The number of hydrogen-bond acceptors (Lipinski definition) is 3. The number of aryl methyl sites for hydroxylation is 1. The fourth-order valence-corrected chi connectivity index (χ4v) is 3.20. The maximum Gasteiger partial charge on any atom is 0.229 e. The van der Waals surface area contributed by atoms with Crippen LogP contribution >= 0.6 is 11.3 Å². The van der Waals surface area contributed by atoms with Crippen LogP contribution in [0.3, 0.4) is 0 Å². The van der Waals surface area contributed by atoms with Gasteiger partial charge < -0.3 is 5.32 Å². The number of nitrogens with one attached hydrogen (secondary N) is 1. The zero-order valence-corrected chi connectivity index (χ0v) is 12.4. The maximum absolute atomic E-state index is 11.9. The van der Waals surface area contributed by atoms with E-state index in [0.717, 1.165) is 24.4 Å². The quantitative estimate of drug-likeness (QED) is 0.929. The van der Waals surface area contributed by atoms with Crippen LogP contribution in [0.2, 0.25) is 0 Å². The molecule has 1 N–H and O–H groups in total. The van der Waals surface area contributed by atoms with Gasteiger partial charge in [-0.15, -0.1) is 11.3 Å². The minimum absolute atomic E-state index is 0.132. The lowest BCUT2D eigenvalue weighted by Gasteiger charge is -2.23. The Balaban J connectivity index is 1.63. The number of hydrogen-bond donors (Lipinski definition) is 1. The van der Waals surface area contributed by atoms with E-state index in [0.29, 0.717) is 0 Å². The summed E-state index contributed by atoms with van der Waals surface area (Å²) < 4.78 is 0. The summed E-state index contributed by atoms with van der Waals surface area (Å²) in [4.78, 5) is 17.3. The highest BCUT2D eigenvalue weighted by molar-refractivity contribution is 7.15. The minimum Gasteiger partial charge on any atom is -0.302 e. The Kier molecular flexibility index (Phi) is 3.83. The van der Waals surface area contributed by atoms with Crippen LogP contribution in [0.1, 0.15) is 35.3 Å². The largest absolute Gasteiger partial charge is 0.302 e. The third kappa shape index (κ3) is 3.07. The monoisotopic (exact) mass is 286 g/mol. The topological polar surface area (TPSA) is 42.0 Å². The Labute approximate surface area is 123 Å². The van der Waals surface area contributed by atoms with E-state index in [1.807, 2.05) is 6.20 Å². The molecule has 104 valence electrons. The standard InChI is InChI=1S/C16H18N2OS/c1-11-4-2-5-12(8-11)9-14-10-17-16(20-14)18-15(19)13-6-3-7-13/h2,4-5,8,10,13H,3,6-7,9H2,1H3,(H,17,18,19). The number of rotatable bonds is 4. The molecule has 0 atom stereocenters. The lowest BCUT2D eigenvalue weighted by molar-refractivity contribution is -0.122. The molecule has 0 saturated heterocycles. The number of carbonyl (C=O) groups excluding carboxylic acids is 1. The van der Waals surface area contributed by atoms with Gasteiger partial charge in [0, 0.05) is 23.4 Å². The number of aromatic nitrogens is 1. The summed E-state index contributed by atoms with van der Waals surface area (Å²) in [6.07, 6.45) is 5.96. The van der Waals surface area contributed by atoms with Crippen molar-refractivity contribution in [1.29, 1.82) is 0 Å². The van der Waals surface area contributed by atoms with E-state index in [4.69, 9.17) is 0 Å². The highest BCUT2D eigenvalue weighted by atomic mass is 32.1. The van der Waals surface area contributed by atoms with Gasteiger partial charge in [-0.3, -0.25) is 4.79 Å². The van der Waals surface area contributed by atoms with E-state index in [1.54, 1.807) is 11.3 Å². The zero-order chi connectivity index (χ0) is 13.9. The first-order valence-electron chi connectivity index (χ1n) is 7.02. The normalized spacial score (nSPS) is 14.8. The van der Waals surface area contributed by atoms with Crippen molar-refractivity contribution in [3.8, 4) is 0 Å². The van der Waals surface area contributed by atoms with Gasteiger partial charge in [-0.05, 0) is 25.3 Å². The van der Waals surface area contributed by atoms with Crippen LogP contribution in [0.15, 0.2) is 30.5 Å². The van der Waals surface area contributed by atoms with Crippen molar-refractivity contribution >= 4 is 22.4 Å². The van der Waals surface area contributed by atoms with Crippen LogP contribution in [0.5, 0.6) is 0 Å². The Hall–Kier alpha value is -1.68. The van der Waals surface area contributed by atoms with Crippen molar-refractivity contribution < 1.29 is 4.79 Å². The zero-order valence-electron chi connectivity index (χ0n) is 11.6. The molecule has 1 heterocycles. The smallest absolute Gasteiger partial charge is 0.229 e. The van der Waals surface area contributed by atoms with Crippen molar-refractivity contribution in [2.24, 2.45) is 5.92 Å². The maximum atomic E-state index is 11.9. The molecule has 3 nitrogen and oxygen atoms in total. The average Bonchev–Trinajstić information content (AvgIpc) is 2.74. The molecule has 0 aliphatic heterocycles. The Morgan fingerprint density at radius 3 is 3.00 bits per heavy atom.